The third-order valence-electron chi connectivity index (χ3n) is 5.79. The van der Waals surface area contributed by atoms with Crippen molar-refractivity contribution in [3.63, 3.8) is 0 Å². The van der Waals surface area contributed by atoms with Crippen molar-refractivity contribution in [1.82, 2.24) is 5.32 Å². The van der Waals surface area contributed by atoms with Crippen molar-refractivity contribution in [3.05, 3.63) is 105 Å². The largest absolute Gasteiger partial charge is 1.00 e. The van der Waals surface area contributed by atoms with Crippen LogP contribution in [0.5, 0.6) is 5.75 Å². The first-order chi connectivity index (χ1) is 18.3. The van der Waals surface area contributed by atoms with E-state index >= 15 is 0 Å². The van der Waals surface area contributed by atoms with Crippen LogP contribution in [0.3, 0.4) is 0 Å². The van der Waals surface area contributed by atoms with E-state index in [1.165, 1.54) is 0 Å². The monoisotopic (exact) mass is 577 g/mol. The molecule has 0 saturated carbocycles. The van der Waals surface area contributed by atoms with Crippen LogP contribution < -0.4 is 44.7 Å². The minimum absolute atomic E-state index is 0. The maximum Gasteiger partial charge on any atom is 1.00 e. The molecule has 0 saturated heterocycles. The number of carboxylic acids is 1. The van der Waals surface area contributed by atoms with Crippen molar-refractivity contribution >= 4 is 41.0 Å². The number of Topliss-reactive ketones (excluding diaryl/α,β-unsaturated/α-hetero) is 1. The van der Waals surface area contributed by atoms with Gasteiger partial charge in [-0.2, -0.15) is 0 Å². The second-order valence-corrected chi connectivity index (χ2v) is 9.64. The Balaban J connectivity index is 0.00000533. The van der Waals surface area contributed by atoms with Crippen molar-refractivity contribution < 1.29 is 53.7 Å². The molecule has 0 aliphatic heterocycles. The third kappa shape index (κ3) is 11.9. The molecule has 39 heavy (non-hydrogen) atoms. The average Bonchev–Trinajstić information content (AvgIpc) is 2.89. The summed E-state index contributed by atoms with van der Waals surface area (Å²) in [6.07, 6.45) is 3.62. The smallest absolute Gasteiger partial charge is 0.550 e. The molecule has 0 bridgehead atoms. The first-order valence-corrected chi connectivity index (χ1v) is 13.0. The Morgan fingerprint density at radius 3 is 2.18 bits per heavy atom. The van der Waals surface area contributed by atoms with E-state index in [-0.39, 0.29) is 48.2 Å². The summed E-state index contributed by atoms with van der Waals surface area (Å²) in [7, 11) is 1.61. The Hall–Kier alpha value is -2.16. The third-order valence-corrected chi connectivity index (χ3v) is 6.23. The van der Waals surface area contributed by atoms with Crippen molar-refractivity contribution in [2.75, 3.05) is 20.3 Å². The van der Waals surface area contributed by atoms with Gasteiger partial charge in [0.1, 0.15) is 12.4 Å². The Morgan fingerprint density at radius 1 is 0.923 bits per heavy atom. The van der Waals surface area contributed by atoms with Gasteiger partial charge in [0, 0.05) is 54.1 Å². The number of aliphatic carboxylic acids is 1. The molecule has 0 heterocycles. The molecule has 9 heteroatoms. The van der Waals surface area contributed by atoms with Crippen LogP contribution in [-0.2, 0) is 22.6 Å². The van der Waals surface area contributed by atoms with Crippen LogP contribution in [0.2, 0.25) is 10.0 Å². The number of hydrogen-bond acceptors (Lipinski definition) is 6. The second kappa shape index (κ2) is 17.5. The van der Waals surface area contributed by atoms with Crippen LogP contribution in [0.1, 0.15) is 39.9 Å². The topological polar surface area (TPSA) is 87.7 Å². The summed E-state index contributed by atoms with van der Waals surface area (Å²) in [6, 6.07) is 19.9. The number of hydrogen-bond donors (Lipinski definition) is 1. The molecule has 1 unspecified atom stereocenters. The molecule has 0 amide bonds. The molecule has 0 aromatic heterocycles. The normalized spacial score (nSPS) is 11.7. The minimum atomic E-state index is -1.24. The molecule has 3 aromatic rings. The SMILES string of the molecule is COCCOc1ccc(/C=C/CC(CC(=O)c2ccc(CNCc3cc(Cl)cc(Cl)c3)cc2)C(=O)[O-])cc1.[Na+]. The van der Waals surface area contributed by atoms with E-state index in [0.29, 0.717) is 41.9 Å². The van der Waals surface area contributed by atoms with Gasteiger partial charge in [0.2, 0.25) is 0 Å². The summed E-state index contributed by atoms with van der Waals surface area (Å²) in [5.41, 5.74) is 3.33. The molecule has 0 fully saturated rings. The summed E-state index contributed by atoms with van der Waals surface area (Å²) < 4.78 is 10.5. The predicted octanol–water partition coefficient (Wildman–Crippen LogP) is 2.35. The first-order valence-electron chi connectivity index (χ1n) is 12.2. The molecule has 0 spiro atoms. The Kier molecular flexibility index (Phi) is 14.8. The van der Waals surface area contributed by atoms with Gasteiger partial charge in [-0.15, -0.1) is 0 Å². The number of ketones is 1. The molecule has 0 aliphatic carbocycles. The quantitative estimate of drug-likeness (QED) is 0.169. The predicted molar refractivity (Wildman–Crippen MR) is 148 cm³/mol. The van der Waals surface area contributed by atoms with Gasteiger partial charge in [0.05, 0.1) is 6.61 Å². The number of halogens is 2. The Labute approximate surface area is 261 Å². The van der Waals surface area contributed by atoms with E-state index < -0.39 is 11.9 Å². The summed E-state index contributed by atoms with van der Waals surface area (Å²) in [6.45, 7) is 2.15. The van der Waals surface area contributed by atoms with E-state index in [9.17, 15) is 14.7 Å². The number of methoxy groups -OCH3 is 1. The maximum absolute atomic E-state index is 12.7. The number of allylic oxidation sites excluding steroid dienone is 1. The van der Waals surface area contributed by atoms with Gasteiger partial charge >= 0.3 is 29.6 Å². The van der Waals surface area contributed by atoms with Gasteiger partial charge in [0.25, 0.3) is 0 Å². The number of rotatable bonds is 15. The van der Waals surface area contributed by atoms with E-state index in [1.807, 2.05) is 54.6 Å². The molecular formula is C30H30Cl2NNaO5. The molecule has 3 rings (SSSR count). The first kappa shape index (κ1) is 33.0. The van der Waals surface area contributed by atoms with Crippen LogP contribution in [0, 0.1) is 5.92 Å². The summed E-state index contributed by atoms with van der Waals surface area (Å²) in [5.74, 6) is -1.67. The van der Waals surface area contributed by atoms with Crippen LogP contribution in [0.4, 0.5) is 0 Å². The maximum atomic E-state index is 12.7. The second-order valence-electron chi connectivity index (χ2n) is 8.77. The molecule has 1 N–H and O–H groups in total. The summed E-state index contributed by atoms with van der Waals surface area (Å²) in [5, 5.41) is 16.1. The summed E-state index contributed by atoms with van der Waals surface area (Å²) in [4.78, 5) is 24.4. The standard InChI is InChI=1S/C30H31Cl2NO5.Na/c1-37-13-14-38-28-11-7-21(8-12-28)3-2-4-25(30(35)36)17-29(34)24-9-5-22(6-10-24)19-33-20-23-15-26(31)18-27(32)16-23;/h2-3,5-12,15-16,18,25,33H,4,13-14,17,19-20H2,1H3,(H,35,36);/q;+1/p-1/b3-2+;. The minimum Gasteiger partial charge on any atom is -0.550 e. The zero-order valence-corrected chi connectivity index (χ0v) is 25.6. The number of ether oxygens (including phenoxy) is 2. The van der Waals surface area contributed by atoms with E-state index in [1.54, 1.807) is 31.4 Å². The number of nitrogens with one attached hydrogen (secondary N) is 1. The average molecular weight is 578 g/mol. The summed E-state index contributed by atoms with van der Waals surface area (Å²) >= 11 is 12.1. The van der Waals surface area contributed by atoms with E-state index in [2.05, 4.69) is 5.32 Å². The molecule has 0 radical (unpaired) electrons. The zero-order valence-electron chi connectivity index (χ0n) is 22.1. The van der Waals surface area contributed by atoms with Gasteiger partial charge in [-0.3, -0.25) is 4.79 Å². The van der Waals surface area contributed by atoms with Crippen LogP contribution in [0.25, 0.3) is 6.08 Å². The van der Waals surface area contributed by atoms with Crippen LogP contribution in [0.15, 0.2) is 72.8 Å². The van der Waals surface area contributed by atoms with E-state index in [4.69, 9.17) is 32.7 Å². The van der Waals surface area contributed by atoms with Crippen molar-refractivity contribution in [2.24, 2.45) is 5.92 Å². The fourth-order valence-electron chi connectivity index (χ4n) is 3.76. The number of carbonyl (C=O) groups excluding carboxylic acids is 2. The van der Waals surface area contributed by atoms with Crippen LogP contribution in [-0.4, -0.2) is 32.1 Å². The molecule has 3 aromatic carbocycles. The van der Waals surface area contributed by atoms with Gasteiger partial charge in [-0.25, -0.2) is 0 Å². The molecule has 1 atom stereocenters. The zero-order chi connectivity index (χ0) is 27.3. The molecule has 200 valence electrons. The number of benzene rings is 3. The number of carboxylic acid groups (broad SMARTS) is 1. The van der Waals surface area contributed by atoms with Crippen molar-refractivity contribution in [1.29, 1.82) is 0 Å². The van der Waals surface area contributed by atoms with Gasteiger partial charge in [0.15, 0.2) is 5.78 Å². The fraction of sp³-hybridized carbons (Fsp3) is 0.267. The number of carbonyl (C=O) groups is 2. The Morgan fingerprint density at radius 2 is 1.56 bits per heavy atom. The molecule has 0 aliphatic rings. The molecule has 6 nitrogen and oxygen atoms in total. The van der Waals surface area contributed by atoms with Gasteiger partial charge in [-0.1, -0.05) is 71.8 Å². The molecular weight excluding hydrogens is 548 g/mol. The van der Waals surface area contributed by atoms with Crippen molar-refractivity contribution in [3.8, 4) is 5.75 Å². The van der Waals surface area contributed by atoms with E-state index in [0.717, 1.165) is 22.4 Å². The van der Waals surface area contributed by atoms with Gasteiger partial charge < -0.3 is 24.7 Å². The Bertz CT molecular complexity index is 1210. The van der Waals surface area contributed by atoms with Gasteiger partial charge in [-0.05, 0) is 53.4 Å². The van der Waals surface area contributed by atoms with Crippen LogP contribution >= 0.6 is 23.2 Å². The van der Waals surface area contributed by atoms with Crippen molar-refractivity contribution in [2.45, 2.75) is 25.9 Å². The fourth-order valence-corrected chi connectivity index (χ4v) is 4.33.